The lowest BCUT2D eigenvalue weighted by Gasteiger charge is -2.07. The van der Waals surface area contributed by atoms with Crippen molar-refractivity contribution in [2.24, 2.45) is 0 Å². The molecule has 3 heteroatoms. The monoisotopic (exact) mass is 192 g/mol. The Balaban J connectivity index is 2.85. The molecule has 0 fully saturated rings. The Hall–Kier alpha value is -1.77. The molecule has 0 amide bonds. The van der Waals surface area contributed by atoms with E-state index in [1.165, 1.54) is 0 Å². The van der Waals surface area contributed by atoms with Crippen molar-refractivity contribution in [3.8, 4) is 5.75 Å². The summed E-state index contributed by atoms with van der Waals surface area (Å²) in [6, 6.07) is 7.30. The highest BCUT2D eigenvalue weighted by Gasteiger charge is 2.08. The minimum Gasteiger partial charge on any atom is -0.496 e. The molecule has 0 bridgehead atoms. The summed E-state index contributed by atoms with van der Waals surface area (Å²) in [6.45, 7) is 3.47. The number of methoxy groups -OCH3 is 1. The minimum absolute atomic E-state index is 0.162. The van der Waals surface area contributed by atoms with Crippen molar-refractivity contribution in [3.63, 3.8) is 0 Å². The summed E-state index contributed by atoms with van der Waals surface area (Å²) in [5, 5.41) is 8.67. The Kier molecular flexibility index (Phi) is 3.29. The zero-order chi connectivity index (χ0) is 10.6. The quantitative estimate of drug-likeness (QED) is 0.741. The molecule has 0 atom stereocenters. The number of carboxylic acid groups (broad SMARTS) is 1. The Morgan fingerprint density at radius 2 is 2.14 bits per heavy atom. The third-order valence-corrected chi connectivity index (χ3v) is 1.90. The van der Waals surface area contributed by atoms with Crippen LogP contribution in [-0.4, -0.2) is 18.2 Å². The predicted molar refractivity (Wildman–Crippen MR) is 53.5 cm³/mol. The van der Waals surface area contributed by atoms with E-state index >= 15 is 0 Å². The zero-order valence-corrected chi connectivity index (χ0v) is 7.99. The standard InChI is InChI=1S/C11H12O3/c1-8(11(12)13)7-9-5-3-4-6-10(9)14-2/h3-6H,1,7H2,2H3,(H,12,13). The lowest BCUT2D eigenvalue weighted by molar-refractivity contribution is -0.132. The summed E-state index contributed by atoms with van der Waals surface area (Å²) in [4.78, 5) is 10.6. The van der Waals surface area contributed by atoms with Gasteiger partial charge in [0.05, 0.1) is 7.11 Å². The van der Waals surface area contributed by atoms with Gasteiger partial charge in [-0.1, -0.05) is 24.8 Å². The summed E-state index contributed by atoms with van der Waals surface area (Å²) < 4.78 is 5.09. The maximum absolute atomic E-state index is 10.6. The molecule has 0 heterocycles. The first kappa shape index (κ1) is 10.3. The highest BCUT2D eigenvalue weighted by atomic mass is 16.5. The second-order valence-corrected chi connectivity index (χ2v) is 2.90. The van der Waals surface area contributed by atoms with Crippen molar-refractivity contribution in [2.75, 3.05) is 7.11 Å². The van der Waals surface area contributed by atoms with Gasteiger partial charge in [0.15, 0.2) is 0 Å². The van der Waals surface area contributed by atoms with Crippen LogP contribution >= 0.6 is 0 Å². The molecule has 0 aromatic heterocycles. The molecule has 0 saturated carbocycles. The van der Waals surface area contributed by atoms with E-state index in [4.69, 9.17) is 9.84 Å². The number of hydrogen-bond acceptors (Lipinski definition) is 2. The Bertz CT molecular complexity index is 355. The predicted octanol–water partition coefficient (Wildman–Crippen LogP) is 1.88. The third kappa shape index (κ3) is 2.36. The smallest absolute Gasteiger partial charge is 0.331 e. The third-order valence-electron chi connectivity index (χ3n) is 1.90. The van der Waals surface area contributed by atoms with Gasteiger partial charge in [-0.2, -0.15) is 0 Å². The fourth-order valence-electron chi connectivity index (χ4n) is 1.15. The Morgan fingerprint density at radius 1 is 1.50 bits per heavy atom. The zero-order valence-electron chi connectivity index (χ0n) is 7.99. The lowest BCUT2D eigenvalue weighted by atomic mass is 10.1. The summed E-state index contributed by atoms with van der Waals surface area (Å²) >= 11 is 0. The number of ether oxygens (including phenoxy) is 1. The normalized spacial score (nSPS) is 9.50. The molecule has 0 aliphatic rings. The van der Waals surface area contributed by atoms with Gasteiger partial charge < -0.3 is 9.84 Å². The van der Waals surface area contributed by atoms with Gasteiger partial charge in [0.2, 0.25) is 0 Å². The molecule has 0 aliphatic carbocycles. The van der Waals surface area contributed by atoms with Crippen LogP contribution < -0.4 is 4.74 Å². The SMILES string of the molecule is C=C(Cc1ccccc1OC)C(=O)O. The summed E-state index contributed by atoms with van der Waals surface area (Å²) in [5.74, 6) is -0.286. The van der Waals surface area contributed by atoms with Crippen LogP contribution in [-0.2, 0) is 11.2 Å². The molecule has 14 heavy (non-hydrogen) atoms. The second-order valence-electron chi connectivity index (χ2n) is 2.90. The first-order valence-corrected chi connectivity index (χ1v) is 4.18. The fourth-order valence-corrected chi connectivity index (χ4v) is 1.15. The second kappa shape index (κ2) is 4.46. The van der Waals surface area contributed by atoms with Gasteiger partial charge in [0.1, 0.15) is 5.75 Å². The first-order valence-electron chi connectivity index (χ1n) is 4.18. The number of rotatable bonds is 4. The van der Waals surface area contributed by atoms with E-state index in [1.807, 2.05) is 18.2 Å². The largest absolute Gasteiger partial charge is 0.496 e. The van der Waals surface area contributed by atoms with Gasteiger partial charge in [-0.05, 0) is 11.6 Å². The summed E-state index contributed by atoms with van der Waals surface area (Å²) in [6.07, 6.45) is 0.305. The van der Waals surface area contributed by atoms with Crippen molar-refractivity contribution in [1.82, 2.24) is 0 Å². The maximum Gasteiger partial charge on any atom is 0.331 e. The van der Waals surface area contributed by atoms with Crippen LogP contribution in [0.4, 0.5) is 0 Å². The highest BCUT2D eigenvalue weighted by molar-refractivity contribution is 5.86. The maximum atomic E-state index is 10.6. The average Bonchev–Trinajstić information content (AvgIpc) is 2.18. The van der Waals surface area contributed by atoms with Gasteiger partial charge in [-0.3, -0.25) is 0 Å². The summed E-state index contributed by atoms with van der Waals surface area (Å²) in [5.41, 5.74) is 0.997. The van der Waals surface area contributed by atoms with Crippen molar-refractivity contribution in [2.45, 2.75) is 6.42 Å². The molecule has 1 aromatic carbocycles. The van der Waals surface area contributed by atoms with Crippen molar-refractivity contribution in [3.05, 3.63) is 42.0 Å². The number of aliphatic carboxylic acids is 1. The number of para-hydroxylation sites is 1. The molecule has 0 saturated heterocycles. The van der Waals surface area contributed by atoms with Crippen LogP contribution in [0.15, 0.2) is 36.4 Å². The van der Waals surface area contributed by atoms with Crippen LogP contribution in [0.1, 0.15) is 5.56 Å². The molecular formula is C11H12O3. The van der Waals surface area contributed by atoms with Crippen LogP contribution in [0, 0.1) is 0 Å². The fraction of sp³-hybridized carbons (Fsp3) is 0.182. The van der Waals surface area contributed by atoms with Crippen LogP contribution in [0.2, 0.25) is 0 Å². The van der Waals surface area contributed by atoms with E-state index < -0.39 is 5.97 Å². The van der Waals surface area contributed by atoms with Gasteiger partial charge >= 0.3 is 5.97 Å². The Labute approximate surface area is 82.6 Å². The molecular weight excluding hydrogens is 180 g/mol. The molecule has 0 unspecified atom stereocenters. The first-order chi connectivity index (χ1) is 6.65. The van der Waals surface area contributed by atoms with Crippen molar-refractivity contribution in [1.29, 1.82) is 0 Å². The van der Waals surface area contributed by atoms with Crippen molar-refractivity contribution >= 4 is 5.97 Å². The van der Waals surface area contributed by atoms with Gasteiger partial charge in [0.25, 0.3) is 0 Å². The van der Waals surface area contributed by atoms with E-state index in [-0.39, 0.29) is 5.57 Å². The Morgan fingerprint density at radius 3 is 2.71 bits per heavy atom. The molecule has 3 nitrogen and oxygen atoms in total. The van der Waals surface area contributed by atoms with E-state index in [2.05, 4.69) is 6.58 Å². The molecule has 1 rings (SSSR count). The van der Waals surface area contributed by atoms with Gasteiger partial charge in [-0.15, -0.1) is 0 Å². The number of benzene rings is 1. The van der Waals surface area contributed by atoms with Crippen LogP contribution in [0.5, 0.6) is 5.75 Å². The average molecular weight is 192 g/mol. The van der Waals surface area contributed by atoms with Gasteiger partial charge in [-0.25, -0.2) is 4.79 Å². The highest BCUT2D eigenvalue weighted by Crippen LogP contribution is 2.19. The lowest BCUT2D eigenvalue weighted by Crippen LogP contribution is -2.03. The number of carbonyl (C=O) groups is 1. The van der Waals surface area contributed by atoms with E-state index in [0.29, 0.717) is 12.2 Å². The van der Waals surface area contributed by atoms with Crippen LogP contribution in [0.3, 0.4) is 0 Å². The molecule has 1 N–H and O–H groups in total. The molecule has 0 aliphatic heterocycles. The number of hydrogen-bond donors (Lipinski definition) is 1. The minimum atomic E-state index is -0.976. The molecule has 74 valence electrons. The number of carboxylic acids is 1. The van der Waals surface area contributed by atoms with Crippen LogP contribution in [0.25, 0.3) is 0 Å². The van der Waals surface area contributed by atoms with Gasteiger partial charge in [0, 0.05) is 12.0 Å². The molecule has 0 radical (unpaired) electrons. The topological polar surface area (TPSA) is 46.5 Å². The van der Waals surface area contributed by atoms with Crippen molar-refractivity contribution < 1.29 is 14.6 Å². The molecule has 0 spiro atoms. The summed E-state index contributed by atoms with van der Waals surface area (Å²) in [7, 11) is 1.56. The molecule has 1 aromatic rings. The van der Waals surface area contributed by atoms with E-state index in [9.17, 15) is 4.79 Å². The van der Waals surface area contributed by atoms with E-state index in [0.717, 1.165) is 5.56 Å². The van der Waals surface area contributed by atoms with E-state index in [1.54, 1.807) is 13.2 Å².